The Kier molecular flexibility index (Phi) is 3.31. The fourth-order valence-corrected chi connectivity index (χ4v) is 1.92. The Morgan fingerprint density at radius 3 is 2.47 bits per heavy atom. The van der Waals surface area contributed by atoms with E-state index in [1.54, 1.807) is 30.3 Å². The van der Waals surface area contributed by atoms with Gasteiger partial charge in [-0.25, -0.2) is 0 Å². The van der Waals surface area contributed by atoms with Gasteiger partial charge in [0.2, 0.25) is 0 Å². The third-order valence-corrected chi connectivity index (χ3v) is 3.14. The third kappa shape index (κ3) is 2.40. The highest BCUT2D eigenvalue weighted by molar-refractivity contribution is 6.43. The van der Waals surface area contributed by atoms with Crippen LogP contribution in [0.2, 0.25) is 10.0 Å². The molecule has 2 rings (SSSR count). The summed E-state index contributed by atoms with van der Waals surface area (Å²) in [5.74, 6) is 0. The van der Waals surface area contributed by atoms with Gasteiger partial charge >= 0.3 is 0 Å². The van der Waals surface area contributed by atoms with E-state index in [4.69, 9.17) is 23.2 Å². The summed E-state index contributed by atoms with van der Waals surface area (Å²) < 4.78 is 0. The van der Waals surface area contributed by atoms with Gasteiger partial charge in [0.15, 0.2) is 0 Å². The summed E-state index contributed by atoms with van der Waals surface area (Å²) in [4.78, 5) is 10.2. The molecule has 86 valence electrons. The van der Waals surface area contributed by atoms with E-state index in [-0.39, 0.29) is 5.69 Å². The van der Waals surface area contributed by atoms with Crippen molar-refractivity contribution in [3.8, 4) is 11.1 Å². The average Bonchev–Trinajstić information content (AvgIpc) is 2.33. The lowest BCUT2D eigenvalue weighted by Gasteiger charge is -2.05. The molecule has 0 radical (unpaired) electrons. The number of benzene rings is 2. The lowest BCUT2D eigenvalue weighted by Crippen LogP contribution is -1.88. The van der Waals surface area contributed by atoms with Gasteiger partial charge in [0.25, 0.3) is 5.69 Å². The predicted octanol–water partition coefficient (Wildman–Crippen LogP) is 4.57. The quantitative estimate of drug-likeness (QED) is 0.591. The van der Waals surface area contributed by atoms with Gasteiger partial charge in [-0.3, -0.25) is 10.1 Å². The zero-order valence-electron chi connectivity index (χ0n) is 8.56. The van der Waals surface area contributed by atoms with Gasteiger partial charge < -0.3 is 0 Å². The first-order chi connectivity index (χ1) is 8.09. The Balaban J connectivity index is 2.57. The minimum Gasteiger partial charge on any atom is -0.258 e. The second-order valence-electron chi connectivity index (χ2n) is 3.41. The van der Waals surface area contributed by atoms with E-state index in [0.29, 0.717) is 21.2 Å². The van der Waals surface area contributed by atoms with Gasteiger partial charge in [0.05, 0.1) is 15.0 Å². The fourth-order valence-electron chi connectivity index (χ4n) is 1.51. The van der Waals surface area contributed by atoms with E-state index in [2.05, 4.69) is 0 Å². The molecular formula is C12H7Cl2NO2. The maximum absolute atomic E-state index is 10.7. The highest BCUT2D eigenvalue weighted by atomic mass is 35.5. The van der Waals surface area contributed by atoms with E-state index in [1.807, 2.05) is 0 Å². The van der Waals surface area contributed by atoms with Crippen molar-refractivity contribution in [2.75, 3.05) is 0 Å². The molecule has 0 spiro atoms. The number of nitro benzene ring substituents is 1. The Hall–Kier alpha value is -1.58. The van der Waals surface area contributed by atoms with Crippen LogP contribution in [0.15, 0.2) is 42.5 Å². The number of rotatable bonds is 2. The van der Waals surface area contributed by atoms with Crippen molar-refractivity contribution in [3.05, 3.63) is 62.6 Å². The molecule has 0 N–H and O–H groups in total. The second-order valence-corrected chi connectivity index (χ2v) is 4.19. The largest absolute Gasteiger partial charge is 0.270 e. The van der Waals surface area contributed by atoms with Crippen molar-refractivity contribution in [1.29, 1.82) is 0 Å². The molecule has 17 heavy (non-hydrogen) atoms. The molecule has 0 aromatic heterocycles. The van der Waals surface area contributed by atoms with Crippen LogP contribution in [0.4, 0.5) is 5.69 Å². The van der Waals surface area contributed by atoms with Crippen molar-refractivity contribution in [2.24, 2.45) is 0 Å². The van der Waals surface area contributed by atoms with Crippen LogP contribution >= 0.6 is 23.2 Å². The lowest BCUT2D eigenvalue weighted by molar-refractivity contribution is -0.384. The number of nitrogens with zero attached hydrogens (tertiary/aromatic N) is 1. The molecule has 0 saturated carbocycles. The number of hydrogen-bond donors (Lipinski definition) is 0. The van der Waals surface area contributed by atoms with Crippen molar-refractivity contribution in [1.82, 2.24) is 0 Å². The zero-order valence-corrected chi connectivity index (χ0v) is 10.1. The van der Waals surface area contributed by atoms with Crippen LogP contribution < -0.4 is 0 Å². The van der Waals surface area contributed by atoms with Gasteiger partial charge in [0, 0.05) is 17.7 Å². The summed E-state index contributed by atoms with van der Waals surface area (Å²) >= 11 is 12.0. The summed E-state index contributed by atoms with van der Waals surface area (Å²) in [7, 11) is 0. The maximum atomic E-state index is 10.7. The van der Waals surface area contributed by atoms with Gasteiger partial charge in [-0.2, -0.15) is 0 Å². The molecule has 0 unspecified atom stereocenters. The number of hydrogen-bond acceptors (Lipinski definition) is 2. The van der Waals surface area contributed by atoms with E-state index < -0.39 is 4.92 Å². The predicted molar refractivity (Wildman–Crippen MR) is 68.6 cm³/mol. The summed E-state index contributed by atoms with van der Waals surface area (Å²) in [6.07, 6.45) is 0. The number of nitro groups is 1. The standard InChI is InChI=1S/C12H7Cl2NO2/c13-11-6-2-5-10(12(11)14)8-3-1-4-9(7-8)15(16)17/h1-7H. The van der Waals surface area contributed by atoms with Crippen LogP contribution in [0.3, 0.4) is 0 Å². The summed E-state index contributed by atoms with van der Waals surface area (Å²) in [5.41, 5.74) is 1.38. The molecule has 0 fully saturated rings. The molecular weight excluding hydrogens is 261 g/mol. The molecule has 5 heteroatoms. The molecule has 0 aliphatic rings. The van der Waals surface area contributed by atoms with Crippen LogP contribution in [0.5, 0.6) is 0 Å². The first-order valence-corrected chi connectivity index (χ1v) is 5.54. The Morgan fingerprint density at radius 2 is 1.76 bits per heavy atom. The summed E-state index contributed by atoms with van der Waals surface area (Å²) in [6, 6.07) is 11.5. The van der Waals surface area contributed by atoms with Crippen LogP contribution in [-0.2, 0) is 0 Å². The molecule has 3 nitrogen and oxygen atoms in total. The highest BCUT2D eigenvalue weighted by Gasteiger charge is 2.10. The highest BCUT2D eigenvalue weighted by Crippen LogP contribution is 2.34. The van der Waals surface area contributed by atoms with Crippen LogP contribution in [0.1, 0.15) is 0 Å². The van der Waals surface area contributed by atoms with E-state index in [0.717, 1.165) is 0 Å². The zero-order chi connectivity index (χ0) is 12.4. The molecule has 0 aliphatic heterocycles. The Labute approximate surface area is 108 Å². The van der Waals surface area contributed by atoms with Crippen molar-refractivity contribution < 1.29 is 4.92 Å². The second kappa shape index (κ2) is 4.73. The van der Waals surface area contributed by atoms with Crippen molar-refractivity contribution in [3.63, 3.8) is 0 Å². The topological polar surface area (TPSA) is 43.1 Å². The van der Waals surface area contributed by atoms with Crippen molar-refractivity contribution in [2.45, 2.75) is 0 Å². The summed E-state index contributed by atoms with van der Waals surface area (Å²) in [5, 5.41) is 11.5. The molecule has 0 bridgehead atoms. The van der Waals surface area contributed by atoms with Gasteiger partial charge in [-0.1, -0.05) is 47.5 Å². The maximum Gasteiger partial charge on any atom is 0.270 e. The monoisotopic (exact) mass is 267 g/mol. The first kappa shape index (κ1) is 11.9. The van der Waals surface area contributed by atoms with Crippen LogP contribution in [-0.4, -0.2) is 4.92 Å². The molecule has 0 aliphatic carbocycles. The minimum atomic E-state index is -0.443. The van der Waals surface area contributed by atoms with Crippen LogP contribution in [0, 0.1) is 10.1 Å². The Bertz CT molecular complexity index is 584. The third-order valence-electron chi connectivity index (χ3n) is 2.32. The van der Waals surface area contributed by atoms with Crippen LogP contribution in [0.25, 0.3) is 11.1 Å². The molecule has 0 saturated heterocycles. The normalized spacial score (nSPS) is 10.2. The Morgan fingerprint density at radius 1 is 1.06 bits per heavy atom. The van der Waals surface area contributed by atoms with E-state index in [1.165, 1.54) is 12.1 Å². The molecule has 0 heterocycles. The minimum absolute atomic E-state index is 0.0264. The molecule has 2 aromatic rings. The van der Waals surface area contributed by atoms with Gasteiger partial charge in [-0.05, 0) is 11.6 Å². The van der Waals surface area contributed by atoms with E-state index >= 15 is 0 Å². The molecule has 2 aromatic carbocycles. The molecule has 0 atom stereocenters. The smallest absolute Gasteiger partial charge is 0.258 e. The number of non-ortho nitro benzene ring substituents is 1. The average molecular weight is 268 g/mol. The fraction of sp³-hybridized carbons (Fsp3) is 0. The molecule has 0 amide bonds. The van der Waals surface area contributed by atoms with Gasteiger partial charge in [0.1, 0.15) is 0 Å². The lowest BCUT2D eigenvalue weighted by atomic mass is 10.1. The summed E-state index contributed by atoms with van der Waals surface area (Å²) in [6.45, 7) is 0. The van der Waals surface area contributed by atoms with Crippen molar-refractivity contribution >= 4 is 28.9 Å². The first-order valence-electron chi connectivity index (χ1n) is 4.78. The van der Waals surface area contributed by atoms with E-state index in [9.17, 15) is 10.1 Å². The van der Waals surface area contributed by atoms with Gasteiger partial charge in [-0.15, -0.1) is 0 Å². The number of halogens is 2. The SMILES string of the molecule is O=[N+]([O-])c1cccc(-c2cccc(Cl)c2Cl)c1.